The van der Waals surface area contributed by atoms with Gasteiger partial charge in [-0.3, -0.25) is 0 Å². The van der Waals surface area contributed by atoms with Crippen LogP contribution in [0, 0.1) is 17.7 Å². The van der Waals surface area contributed by atoms with Crippen LogP contribution in [0.4, 0.5) is 10.2 Å². The Balaban J connectivity index is 1.98. The average molecular weight is 252 g/mol. The fraction of sp³-hybridized carbons (Fsp3) is 0.692. The van der Waals surface area contributed by atoms with Crippen LogP contribution in [0.25, 0.3) is 0 Å². The smallest absolute Gasteiger partial charge is 0.186 e. The number of anilines is 1. The second kappa shape index (κ2) is 6.09. The van der Waals surface area contributed by atoms with Gasteiger partial charge in [0.2, 0.25) is 0 Å². The third-order valence-electron chi connectivity index (χ3n) is 3.85. The number of aryl methyl sites for hydroxylation is 1. The topological polar surface area (TPSA) is 63.8 Å². The Kier molecular flexibility index (Phi) is 4.47. The van der Waals surface area contributed by atoms with Gasteiger partial charge in [0.05, 0.1) is 5.69 Å². The summed E-state index contributed by atoms with van der Waals surface area (Å²) < 4.78 is 13.9. The van der Waals surface area contributed by atoms with Crippen molar-refractivity contribution in [2.75, 3.05) is 18.4 Å². The van der Waals surface area contributed by atoms with E-state index in [2.05, 4.69) is 15.3 Å². The van der Waals surface area contributed by atoms with E-state index in [1.807, 2.05) is 6.92 Å². The van der Waals surface area contributed by atoms with Crippen molar-refractivity contribution in [3.8, 4) is 0 Å². The quantitative estimate of drug-likeness (QED) is 0.841. The van der Waals surface area contributed by atoms with E-state index >= 15 is 0 Å². The van der Waals surface area contributed by atoms with Gasteiger partial charge in [0.25, 0.3) is 0 Å². The van der Waals surface area contributed by atoms with Gasteiger partial charge in [0, 0.05) is 6.54 Å². The Morgan fingerprint density at radius 1 is 1.39 bits per heavy atom. The van der Waals surface area contributed by atoms with Gasteiger partial charge < -0.3 is 11.1 Å². The summed E-state index contributed by atoms with van der Waals surface area (Å²) in [5.74, 6) is 1.11. The predicted molar refractivity (Wildman–Crippen MR) is 69.7 cm³/mol. The molecule has 18 heavy (non-hydrogen) atoms. The van der Waals surface area contributed by atoms with Crippen molar-refractivity contribution in [2.24, 2.45) is 17.6 Å². The van der Waals surface area contributed by atoms with Crippen LogP contribution in [0.1, 0.15) is 31.9 Å². The van der Waals surface area contributed by atoms with Crippen LogP contribution in [0.5, 0.6) is 0 Å². The molecule has 2 unspecified atom stereocenters. The molecule has 0 spiro atoms. The van der Waals surface area contributed by atoms with Crippen molar-refractivity contribution in [2.45, 2.75) is 32.6 Å². The predicted octanol–water partition coefficient (Wildman–Crippen LogP) is 1.97. The molecule has 0 aliphatic heterocycles. The molecular weight excluding hydrogens is 231 g/mol. The van der Waals surface area contributed by atoms with E-state index in [1.165, 1.54) is 25.6 Å². The van der Waals surface area contributed by atoms with Crippen molar-refractivity contribution in [3.05, 3.63) is 17.8 Å². The summed E-state index contributed by atoms with van der Waals surface area (Å²) in [4.78, 5) is 7.89. The Morgan fingerprint density at radius 3 is 2.89 bits per heavy atom. The van der Waals surface area contributed by atoms with E-state index in [1.54, 1.807) is 0 Å². The molecule has 2 rings (SSSR count). The maximum atomic E-state index is 13.9. The van der Waals surface area contributed by atoms with Gasteiger partial charge in [0.15, 0.2) is 11.6 Å². The van der Waals surface area contributed by atoms with Crippen molar-refractivity contribution in [1.82, 2.24) is 9.97 Å². The molecule has 100 valence electrons. The molecule has 2 atom stereocenters. The van der Waals surface area contributed by atoms with Crippen molar-refractivity contribution in [3.63, 3.8) is 0 Å². The standard InChI is InChI=1S/C13H21FN4/c1-2-11-12(14)13(18-8-17-11)16-7-10-5-3-4-9(10)6-15/h8-10H,2-7,15H2,1H3,(H,16,17,18). The summed E-state index contributed by atoms with van der Waals surface area (Å²) in [6.07, 6.45) is 5.58. The number of hydrogen-bond donors (Lipinski definition) is 2. The number of nitrogens with zero attached hydrogens (tertiary/aromatic N) is 2. The molecule has 0 saturated heterocycles. The first-order chi connectivity index (χ1) is 8.76. The number of hydrogen-bond acceptors (Lipinski definition) is 4. The van der Waals surface area contributed by atoms with Gasteiger partial charge in [0.1, 0.15) is 6.33 Å². The number of halogens is 1. The maximum absolute atomic E-state index is 13.9. The third-order valence-corrected chi connectivity index (χ3v) is 3.85. The van der Waals surface area contributed by atoms with E-state index in [4.69, 9.17) is 5.73 Å². The number of rotatable bonds is 5. The highest BCUT2D eigenvalue weighted by atomic mass is 19.1. The van der Waals surface area contributed by atoms with Gasteiger partial charge in [-0.05, 0) is 37.6 Å². The monoisotopic (exact) mass is 252 g/mol. The molecule has 5 heteroatoms. The first kappa shape index (κ1) is 13.2. The first-order valence-electron chi connectivity index (χ1n) is 6.69. The fourth-order valence-electron chi connectivity index (χ4n) is 2.70. The molecule has 1 fully saturated rings. The summed E-state index contributed by atoms with van der Waals surface area (Å²) in [6.45, 7) is 3.36. The minimum Gasteiger partial charge on any atom is -0.367 e. The summed E-state index contributed by atoms with van der Waals surface area (Å²) in [6, 6.07) is 0. The zero-order valence-corrected chi connectivity index (χ0v) is 10.8. The van der Waals surface area contributed by atoms with Crippen molar-refractivity contribution in [1.29, 1.82) is 0 Å². The Morgan fingerprint density at radius 2 is 2.17 bits per heavy atom. The molecule has 1 aliphatic carbocycles. The van der Waals surface area contributed by atoms with Crippen LogP contribution in [0.2, 0.25) is 0 Å². The van der Waals surface area contributed by atoms with E-state index in [0.717, 1.165) is 13.1 Å². The largest absolute Gasteiger partial charge is 0.367 e. The van der Waals surface area contributed by atoms with Crippen LogP contribution in [-0.2, 0) is 6.42 Å². The van der Waals surface area contributed by atoms with E-state index in [9.17, 15) is 4.39 Å². The number of nitrogens with one attached hydrogen (secondary N) is 1. The summed E-state index contributed by atoms with van der Waals surface area (Å²) in [5.41, 5.74) is 6.21. The van der Waals surface area contributed by atoms with Gasteiger partial charge in [-0.25, -0.2) is 14.4 Å². The second-order valence-electron chi connectivity index (χ2n) is 4.90. The van der Waals surface area contributed by atoms with Gasteiger partial charge in [-0.15, -0.1) is 0 Å². The molecule has 0 bridgehead atoms. The highest BCUT2D eigenvalue weighted by Gasteiger charge is 2.26. The highest BCUT2D eigenvalue weighted by molar-refractivity contribution is 5.37. The first-order valence-corrected chi connectivity index (χ1v) is 6.69. The van der Waals surface area contributed by atoms with Gasteiger partial charge >= 0.3 is 0 Å². The minimum atomic E-state index is -0.317. The molecule has 0 aromatic carbocycles. The molecule has 1 aromatic heterocycles. The van der Waals surface area contributed by atoms with Gasteiger partial charge in [-0.1, -0.05) is 13.3 Å². The summed E-state index contributed by atoms with van der Waals surface area (Å²) >= 11 is 0. The molecule has 3 N–H and O–H groups in total. The Labute approximate surface area is 107 Å². The van der Waals surface area contributed by atoms with Crippen molar-refractivity contribution < 1.29 is 4.39 Å². The number of aromatic nitrogens is 2. The summed E-state index contributed by atoms with van der Waals surface area (Å²) in [7, 11) is 0. The minimum absolute atomic E-state index is 0.317. The summed E-state index contributed by atoms with van der Waals surface area (Å²) in [5, 5.41) is 3.11. The second-order valence-corrected chi connectivity index (χ2v) is 4.90. The van der Waals surface area contributed by atoms with Gasteiger partial charge in [-0.2, -0.15) is 0 Å². The lowest BCUT2D eigenvalue weighted by molar-refractivity contribution is 0.413. The fourth-order valence-corrected chi connectivity index (χ4v) is 2.70. The zero-order valence-electron chi connectivity index (χ0n) is 10.8. The molecule has 1 aromatic rings. The van der Waals surface area contributed by atoms with Crippen molar-refractivity contribution >= 4 is 5.82 Å². The molecule has 0 radical (unpaired) electrons. The van der Waals surface area contributed by atoms with E-state index in [0.29, 0.717) is 29.8 Å². The average Bonchev–Trinajstić information content (AvgIpc) is 2.85. The van der Waals surface area contributed by atoms with Crippen LogP contribution in [-0.4, -0.2) is 23.1 Å². The lowest BCUT2D eigenvalue weighted by Gasteiger charge is -2.18. The molecule has 4 nitrogen and oxygen atoms in total. The zero-order chi connectivity index (χ0) is 13.0. The molecular formula is C13H21FN4. The van der Waals surface area contributed by atoms with Crippen LogP contribution in [0.15, 0.2) is 6.33 Å². The van der Waals surface area contributed by atoms with Crippen LogP contribution < -0.4 is 11.1 Å². The highest BCUT2D eigenvalue weighted by Crippen LogP contribution is 2.31. The molecule has 1 saturated carbocycles. The van der Waals surface area contributed by atoms with E-state index in [-0.39, 0.29) is 5.82 Å². The Bertz CT molecular complexity index is 397. The lowest BCUT2D eigenvalue weighted by Crippen LogP contribution is -2.25. The molecule has 0 amide bonds. The normalized spacial score (nSPS) is 23.3. The maximum Gasteiger partial charge on any atom is 0.186 e. The SMILES string of the molecule is CCc1ncnc(NCC2CCCC2CN)c1F. The van der Waals surface area contributed by atoms with E-state index < -0.39 is 0 Å². The number of nitrogens with two attached hydrogens (primary N) is 1. The molecule has 1 aliphatic rings. The Hall–Kier alpha value is -1.23. The molecule has 1 heterocycles. The third kappa shape index (κ3) is 2.77. The lowest BCUT2D eigenvalue weighted by atomic mass is 9.96. The van der Waals surface area contributed by atoms with Crippen LogP contribution >= 0.6 is 0 Å². The van der Waals surface area contributed by atoms with Crippen LogP contribution in [0.3, 0.4) is 0 Å².